The van der Waals surface area contributed by atoms with Gasteiger partial charge < -0.3 is 25.2 Å². The largest absolute Gasteiger partial charge is 0.416 e. The summed E-state index contributed by atoms with van der Waals surface area (Å²) in [5, 5.41) is 22.9. The van der Waals surface area contributed by atoms with Gasteiger partial charge in [0, 0.05) is 19.3 Å². The Bertz CT molecular complexity index is 875. The molecule has 0 bridgehead atoms. The summed E-state index contributed by atoms with van der Waals surface area (Å²) in [6, 6.07) is 3.15. The third-order valence-electron chi connectivity index (χ3n) is 5.14. The summed E-state index contributed by atoms with van der Waals surface area (Å²) in [7, 11) is 1.58. The number of alkyl halides is 3. The van der Waals surface area contributed by atoms with Crippen LogP contribution in [0.15, 0.2) is 30.5 Å². The number of aromatic nitrogens is 3. The zero-order chi connectivity index (χ0) is 23.1. The quantitative estimate of drug-likeness (QED) is 0.562. The summed E-state index contributed by atoms with van der Waals surface area (Å²) in [6.07, 6.45) is -1.43. The molecule has 0 radical (unpaired) electrons. The number of benzene rings is 1. The highest BCUT2D eigenvalue weighted by molar-refractivity contribution is 5.89. The third-order valence-corrected chi connectivity index (χ3v) is 5.14. The van der Waals surface area contributed by atoms with Crippen LogP contribution in [0.3, 0.4) is 0 Å². The predicted molar refractivity (Wildman–Crippen MR) is 108 cm³/mol. The van der Waals surface area contributed by atoms with Crippen molar-refractivity contribution in [3.63, 3.8) is 0 Å². The van der Waals surface area contributed by atoms with Gasteiger partial charge in [0.15, 0.2) is 0 Å². The number of carbonyl (C=O) groups is 1. The Balaban J connectivity index is 1.46. The maximum Gasteiger partial charge on any atom is 0.416 e. The number of nitrogens with one attached hydrogen (secondary N) is 2. The van der Waals surface area contributed by atoms with E-state index in [-0.39, 0.29) is 18.4 Å². The van der Waals surface area contributed by atoms with Crippen molar-refractivity contribution in [1.29, 1.82) is 0 Å². The average Bonchev–Trinajstić information content (AvgIpc) is 3.20. The highest BCUT2D eigenvalue weighted by atomic mass is 19.4. The molecule has 2 aromatic rings. The fourth-order valence-electron chi connectivity index (χ4n) is 3.53. The van der Waals surface area contributed by atoms with E-state index in [1.54, 1.807) is 18.0 Å². The number of hydrogen-bond acceptors (Lipinski definition) is 6. The summed E-state index contributed by atoms with van der Waals surface area (Å²) in [5.74, 6) is 0. The standard InChI is InChI=1S/C20H26F3N5O4/c1-31-12-15-10-28(27-26-15)9-8-16-6-7-17(18(11-29)32-16)25-19(30)24-14-4-2-13(3-5-14)20(21,22)23/h2-5,10,16-18,29H,6-9,11-12H2,1H3,(H2,24,25,30)/t16-,17+,18+/m0/s1. The van der Waals surface area contributed by atoms with E-state index >= 15 is 0 Å². The fourth-order valence-corrected chi connectivity index (χ4v) is 3.53. The molecule has 2 amide bonds. The molecule has 0 spiro atoms. The van der Waals surface area contributed by atoms with Gasteiger partial charge >= 0.3 is 12.2 Å². The van der Waals surface area contributed by atoms with Gasteiger partial charge in [-0.05, 0) is 43.5 Å². The molecular formula is C20H26F3N5O4. The van der Waals surface area contributed by atoms with Crippen molar-refractivity contribution in [2.45, 2.75) is 56.8 Å². The van der Waals surface area contributed by atoms with E-state index in [9.17, 15) is 23.1 Å². The van der Waals surface area contributed by atoms with E-state index in [0.29, 0.717) is 32.4 Å². The lowest BCUT2D eigenvalue weighted by molar-refractivity contribution is -0.137. The Hall–Kier alpha value is -2.70. The smallest absolute Gasteiger partial charge is 0.394 e. The van der Waals surface area contributed by atoms with Gasteiger partial charge in [-0.25, -0.2) is 4.79 Å². The summed E-state index contributed by atoms with van der Waals surface area (Å²) >= 11 is 0. The van der Waals surface area contributed by atoms with Gasteiger partial charge in [0.1, 0.15) is 11.8 Å². The van der Waals surface area contributed by atoms with Crippen molar-refractivity contribution in [2.24, 2.45) is 0 Å². The molecule has 2 heterocycles. The monoisotopic (exact) mass is 457 g/mol. The maximum absolute atomic E-state index is 12.6. The first kappa shape index (κ1) is 24.0. The zero-order valence-corrected chi connectivity index (χ0v) is 17.5. The van der Waals surface area contributed by atoms with Crippen molar-refractivity contribution in [3.05, 3.63) is 41.7 Å². The predicted octanol–water partition coefficient (Wildman–Crippen LogP) is 2.56. The topological polar surface area (TPSA) is 111 Å². The summed E-state index contributed by atoms with van der Waals surface area (Å²) < 4.78 is 50.6. The van der Waals surface area contributed by atoms with Gasteiger partial charge in [-0.2, -0.15) is 13.2 Å². The van der Waals surface area contributed by atoms with Crippen LogP contribution in [0.25, 0.3) is 0 Å². The van der Waals surface area contributed by atoms with Crippen LogP contribution in [-0.4, -0.2) is 58.1 Å². The molecule has 0 saturated carbocycles. The van der Waals surface area contributed by atoms with Crippen LogP contribution in [-0.2, 0) is 28.8 Å². The third kappa shape index (κ3) is 6.65. The van der Waals surface area contributed by atoms with Crippen LogP contribution in [0.4, 0.5) is 23.7 Å². The Morgan fingerprint density at radius 2 is 2.06 bits per heavy atom. The number of rotatable bonds is 8. The SMILES string of the molecule is COCc1cn(CC[C@@H]2CC[C@@H](NC(=O)Nc3ccc(C(F)(F)F)cc3)[C@@H](CO)O2)nn1. The lowest BCUT2D eigenvalue weighted by atomic mass is 9.97. The minimum absolute atomic E-state index is 0.113. The van der Waals surface area contributed by atoms with Crippen molar-refractivity contribution in [2.75, 3.05) is 19.0 Å². The number of methoxy groups -OCH3 is 1. The number of halogens is 3. The van der Waals surface area contributed by atoms with Gasteiger partial charge in [0.05, 0.1) is 37.1 Å². The second kappa shape index (κ2) is 10.7. The number of nitrogens with zero attached hydrogens (tertiary/aromatic N) is 3. The Labute approximate surface area is 182 Å². The number of aliphatic hydroxyl groups excluding tert-OH is 1. The molecule has 1 fully saturated rings. The normalized spacial score (nSPS) is 21.3. The molecule has 32 heavy (non-hydrogen) atoms. The Kier molecular flexibility index (Phi) is 8.04. The molecule has 12 heteroatoms. The van der Waals surface area contributed by atoms with E-state index in [0.717, 1.165) is 17.8 Å². The van der Waals surface area contributed by atoms with Gasteiger partial charge in [0.25, 0.3) is 0 Å². The molecule has 1 saturated heterocycles. The van der Waals surface area contributed by atoms with Crippen molar-refractivity contribution >= 4 is 11.7 Å². The maximum atomic E-state index is 12.6. The first-order valence-electron chi connectivity index (χ1n) is 10.2. The first-order valence-corrected chi connectivity index (χ1v) is 10.2. The van der Waals surface area contributed by atoms with E-state index in [1.807, 2.05) is 0 Å². The van der Waals surface area contributed by atoms with Crippen LogP contribution in [0.5, 0.6) is 0 Å². The molecule has 176 valence electrons. The first-order chi connectivity index (χ1) is 15.3. The molecule has 0 unspecified atom stereocenters. The van der Waals surface area contributed by atoms with E-state index < -0.39 is 29.9 Å². The summed E-state index contributed by atoms with van der Waals surface area (Å²) in [5.41, 5.74) is 0.163. The number of hydrogen-bond donors (Lipinski definition) is 3. The summed E-state index contributed by atoms with van der Waals surface area (Å²) in [4.78, 5) is 12.3. The number of amides is 2. The lowest BCUT2D eigenvalue weighted by Crippen LogP contribution is -2.52. The van der Waals surface area contributed by atoms with Gasteiger partial charge in [0.2, 0.25) is 0 Å². The number of ether oxygens (including phenoxy) is 2. The molecule has 3 rings (SSSR count). The molecular weight excluding hydrogens is 431 g/mol. The van der Waals surface area contributed by atoms with Crippen molar-refractivity contribution in [1.82, 2.24) is 20.3 Å². The average molecular weight is 457 g/mol. The van der Waals surface area contributed by atoms with Crippen LogP contribution in [0.2, 0.25) is 0 Å². The van der Waals surface area contributed by atoms with Crippen molar-refractivity contribution < 1.29 is 32.5 Å². The zero-order valence-electron chi connectivity index (χ0n) is 17.5. The highest BCUT2D eigenvalue weighted by Crippen LogP contribution is 2.30. The lowest BCUT2D eigenvalue weighted by Gasteiger charge is -2.36. The van der Waals surface area contributed by atoms with Gasteiger partial charge in [-0.1, -0.05) is 5.21 Å². The second-order valence-electron chi connectivity index (χ2n) is 7.53. The summed E-state index contributed by atoms with van der Waals surface area (Å²) in [6.45, 7) is 0.698. The minimum Gasteiger partial charge on any atom is -0.394 e. The molecule has 1 aliphatic heterocycles. The van der Waals surface area contributed by atoms with Gasteiger partial charge in [-0.3, -0.25) is 4.68 Å². The van der Waals surface area contributed by atoms with Crippen LogP contribution >= 0.6 is 0 Å². The Morgan fingerprint density at radius 3 is 2.72 bits per heavy atom. The molecule has 3 atom stereocenters. The fraction of sp³-hybridized carbons (Fsp3) is 0.550. The van der Waals surface area contributed by atoms with Crippen LogP contribution < -0.4 is 10.6 Å². The molecule has 9 nitrogen and oxygen atoms in total. The van der Waals surface area contributed by atoms with E-state index in [4.69, 9.17) is 9.47 Å². The second-order valence-corrected chi connectivity index (χ2v) is 7.53. The Morgan fingerprint density at radius 1 is 1.31 bits per heavy atom. The minimum atomic E-state index is -4.44. The highest BCUT2D eigenvalue weighted by Gasteiger charge is 2.32. The number of urea groups is 1. The number of anilines is 1. The van der Waals surface area contributed by atoms with Crippen LogP contribution in [0, 0.1) is 0 Å². The molecule has 1 aliphatic rings. The number of aryl methyl sites for hydroxylation is 1. The molecule has 0 aliphatic carbocycles. The van der Waals surface area contributed by atoms with E-state index in [2.05, 4.69) is 20.9 Å². The van der Waals surface area contributed by atoms with E-state index in [1.165, 1.54) is 12.1 Å². The van der Waals surface area contributed by atoms with Gasteiger partial charge in [-0.15, -0.1) is 5.10 Å². The molecule has 1 aromatic carbocycles. The number of aliphatic hydroxyl groups is 1. The van der Waals surface area contributed by atoms with Crippen molar-refractivity contribution in [3.8, 4) is 0 Å². The molecule has 3 N–H and O–H groups in total. The van der Waals surface area contributed by atoms with Crippen LogP contribution in [0.1, 0.15) is 30.5 Å². The number of carbonyl (C=O) groups excluding carboxylic acids is 1. The molecule has 1 aromatic heterocycles.